The fourth-order valence-electron chi connectivity index (χ4n) is 3.82. The number of amides is 1. The van der Waals surface area contributed by atoms with Crippen LogP contribution in [-0.2, 0) is 9.53 Å². The molecule has 1 aliphatic heterocycles. The molecular formula is C26H43NO4. The number of carbonyl (C=O) groups is 2. The van der Waals surface area contributed by atoms with Gasteiger partial charge in [0, 0.05) is 19.5 Å². The predicted molar refractivity (Wildman–Crippen MR) is 126 cm³/mol. The van der Waals surface area contributed by atoms with Gasteiger partial charge in [-0.1, -0.05) is 83.3 Å². The number of phenolic OH excluding ortho intramolecular Hbond substituents is 1. The van der Waals surface area contributed by atoms with E-state index in [1.165, 1.54) is 96.3 Å². The minimum Gasteiger partial charge on any atom is -0.507 e. The minimum absolute atomic E-state index is 0.0562. The third-order valence-corrected chi connectivity index (χ3v) is 5.76. The normalized spacial score (nSPS) is 13.9. The molecule has 0 unspecified atom stereocenters. The molecule has 5 nitrogen and oxygen atoms in total. The Morgan fingerprint density at radius 2 is 1.55 bits per heavy atom. The predicted octanol–water partition coefficient (Wildman–Crippen LogP) is 6.49. The lowest BCUT2D eigenvalue weighted by molar-refractivity contribution is -0.130. The maximum Gasteiger partial charge on any atom is 0.341 e. The van der Waals surface area contributed by atoms with Crippen LogP contribution in [0.25, 0.3) is 0 Å². The van der Waals surface area contributed by atoms with Crippen molar-refractivity contribution in [2.45, 2.75) is 96.8 Å². The van der Waals surface area contributed by atoms with Crippen LogP contribution in [0.15, 0.2) is 24.3 Å². The lowest BCUT2D eigenvalue weighted by Gasteiger charge is -2.20. The number of likely N-dealkylation sites (tertiary alicyclic amines) is 1. The van der Waals surface area contributed by atoms with E-state index in [0.29, 0.717) is 5.91 Å². The van der Waals surface area contributed by atoms with Crippen LogP contribution in [0.4, 0.5) is 0 Å². The first-order valence-corrected chi connectivity index (χ1v) is 12.2. The summed E-state index contributed by atoms with van der Waals surface area (Å²) >= 11 is 0. The van der Waals surface area contributed by atoms with Crippen molar-refractivity contribution in [3.8, 4) is 5.75 Å². The van der Waals surface area contributed by atoms with Gasteiger partial charge in [-0.15, -0.1) is 0 Å². The van der Waals surface area contributed by atoms with Gasteiger partial charge >= 0.3 is 5.97 Å². The van der Waals surface area contributed by atoms with Gasteiger partial charge < -0.3 is 14.7 Å². The number of nitrogens with zero attached hydrogens (tertiary/aromatic N) is 1. The number of carbonyl (C=O) groups excluding carboxylic acids is 2. The van der Waals surface area contributed by atoms with Crippen LogP contribution in [0.2, 0.25) is 0 Å². The van der Waals surface area contributed by atoms with E-state index in [0.717, 1.165) is 25.9 Å². The van der Waals surface area contributed by atoms with E-state index < -0.39 is 5.97 Å². The molecule has 1 amide bonds. The third kappa shape index (κ3) is 12.4. The Kier molecular flexibility index (Phi) is 15.3. The van der Waals surface area contributed by atoms with Crippen LogP contribution in [0.5, 0.6) is 5.75 Å². The van der Waals surface area contributed by atoms with Gasteiger partial charge in [-0.2, -0.15) is 0 Å². The second kappa shape index (κ2) is 17.6. The van der Waals surface area contributed by atoms with Crippen LogP contribution in [-0.4, -0.2) is 42.1 Å². The van der Waals surface area contributed by atoms with Gasteiger partial charge in [0.1, 0.15) is 11.3 Å². The SMILES string of the molecule is CCCCCCCCCCCCN1CCCCCC1=O.COC(=O)c1ccccc1O. The number of esters is 1. The first kappa shape index (κ1) is 27.0. The highest BCUT2D eigenvalue weighted by atomic mass is 16.5. The summed E-state index contributed by atoms with van der Waals surface area (Å²) in [6.45, 7) is 4.29. The molecule has 1 heterocycles. The van der Waals surface area contributed by atoms with Gasteiger partial charge in [0.25, 0.3) is 0 Å². The maximum atomic E-state index is 11.8. The molecule has 0 aromatic heterocycles. The second-order valence-electron chi connectivity index (χ2n) is 8.38. The van der Waals surface area contributed by atoms with E-state index in [1.807, 2.05) is 0 Å². The molecule has 0 radical (unpaired) electrons. The largest absolute Gasteiger partial charge is 0.507 e. The molecule has 1 N–H and O–H groups in total. The number of aromatic hydroxyl groups is 1. The fraction of sp³-hybridized carbons (Fsp3) is 0.692. The number of methoxy groups -OCH3 is 1. The van der Waals surface area contributed by atoms with Crippen molar-refractivity contribution in [1.29, 1.82) is 0 Å². The summed E-state index contributed by atoms with van der Waals surface area (Å²) in [5.41, 5.74) is 0.190. The van der Waals surface area contributed by atoms with Gasteiger partial charge in [-0.25, -0.2) is 4.79 Å². The molecule has 1 fully saturated rings. The highest BCUT2D eigenvalue weighted by molar-refractivity contribution is 5.92. The van der Waals surface area contributed by atoms with E-state index in [-0.39, 0.29) is 11.3 Å². The molecule has 0 saturated carbocycles. The van der Waals surface area contributed by atoms with Crippen molar-refractivity contribution in [2.75, 3.05) is 20.2 Å². The van der Waals surface area contributed by atoms with Gasteiger partial charge in [0.2, 0.25) is 5.91 Å². The van der Waals surface area contributed by atoms with Crippen LogP contribution in [0.3, 0.4) is 0 Å². The summed E-state index contributed by atoms with van der Waals surface area (Å²) in [6, 6.07) is 6.24. The zero-order valence-electron chi connectivity index (χ0n) is 19.7. The van der Waals surface area contributed by atoms with Gasteiger partial charge in [0.15, 0.2) is 0 Å². The Balaban J connectivity index is 0.000000367. The Bertz CT molecular complexity index is 617. The molecule has 0 spiro atoms. The second-order valence-corrected chi connectivity index (χ2v) is 8.38. The number of benzene rings is 1. The molecule has 176 valence electrons. The molecule has 1 saturated heterocycles. The van der Waals surface area contributed by atoms with Gasteiger partial charge in [-0.3, -0.25) is 4.79 Å². The first-order valence-electron chi connectivity index (χ1n) is 12.2. The van der Waals surface area contributed by atoms with E-state index in [9.17, 15) is 9.59 Å². The molecule has 31 heavy (non-hydrogen) atoms. The van der Waals surface area contributed by atoms with Crippen LogP contribution in [0, 0.1) is 0 Å². The van der Waals surface area contributed by atoms with Gasteiger partial charge in [0.05, 0.1) is 7.11 Å². The number of rotatable bonds is 12. The highest BCUT2D eigenvalue weighted by Gasteiger charge is 2.15. The van der Waals surface area contributed by atoms with E-state index in [1.54, 1.807) is 12.1 Å². The smallest absolute Gasteiger partial charge is 0.341 e. The zero-order valence-corrected chi connectivity index (χ0v) is 19.7. The Morgan fingerprint density at radius 1 is 0.935 bits per heavy atom. The summed E-state index contributed by atoms with van der Waals surface area (Å²) in [6.07, 6.45) is 18.0. The molecule has 0 bridgehead atoms. The molecule has 2 rings (SSSR count). The van der Waals surface area contributed by atoms with Gasteiger partial charge in [-0.05, 0) is 31.4 Å². The van der Waals surface area contributed by atoms with Crippen molar-refractivity contribution in [1.82, 2.24) is 4.90 Å². The molecule has 5 heteroatoms. The van der Waals surface area contributed by atoms with Crippen molar-refractivity contribution >= 4 is 11.9 Å². The van der Waals surface area contributed by atoms with E-state index in [4.69, 9.17) is 5.11 Å². The van der Waals surface area contributed by atoms with E-state index >= 15 is 0 Å². The van der Waals surface area contributed by atoms with Crippen LogP contribution >= 0.6 is 0 Å². The average Bonchev–Trinajstić information content (AvgIpc) is 2.99. The molecular weight excluding hydrogens is 390 g/mol. The maximum absolute atomic E-state index is 11.8. The number of hydrogen-bond donors (Lipinski definition) is 1. The summed E-state index contributed by atoms with van der Waals surface area (Å²) < 4.78 is 4.42. The van der Waals surface area contributed by atoms with E-state index in [2.05, 4.69) is 16.6 Å². The summed E-state index contributed by atoms with van der Waals surface area (Å²) in [5, 5.41) is 9.11. The topological polar surface area (TPSA) is 66.8 Å². The van der Waals surface area contributed by atoms with Crippen molar-refractivity contribution in [2.24, 2.45) is 0 Å². The number of phenols is 1. The molecule has 1 aromatic rings. The Hall–Kier alpha value is -2.04. The standard InChI is InChI=1S/C18H35NO.C8H8O3/c1-2-3-4-5-6-7-8-9-10-13-16-19-17-14-11-12-15-18(19)20;1-11-8(10)6-4-2-3-5-7(6)9/h2-17H2,1H3;2-5,9H,1H3. The highest BCUT2D eigenvalue weighted by Crippen LogP contribution is 2.16. The van der Waals surface area contributed by atoms with Crippen LogP contribution in [0.1, 0.15) is 107 Å². The lowest BCUT2D eigenvalue weighted by Crippen LogP contribution is -2.31. The molecule has 1 aliphatic rings. The summed E-state index contributed by atoms with van der Waals surface area (Å²) in [5.74, 6) is -0.180. The monoisotopic (exact) mass is 433 g/mol. The first-order chi connectivity index (χ1) is 15.1. The third-order valence-electron chi connectivity index (χ3n) is 5.76. The Morgan fingerprint density at radius 3 is 2.16 bits per heavy atom. The number of unbranched alkanes of at least 4 members (excludes halogenated alkanes) is 9. The van der Waals surface area contributed by atoms with Crippen LogP contribution < -0.4 is 0 Å². The molecule has 0 atom stereocenters. The van der Waals surface area contributed by atoms with Crippen molar-refractivity contribution in [3.05, 3.63) is 29.8 Å². The lowest BCUT2D eigenvalue weighted by atomic mass is 10.1. The average molecular weight is 434 g/mol. The number of hydrogen-bond acceptors (Lipinski definition) is 4. The fourth-order valence-corrected chi connectivity index (χ4v) is 3.82. The molecule has 0 aliphatic carbocycles. The summed E-state index contributed by atoms with van der Waals surface area (Å²) in [4.78, 5) is 24.8. The zero-order chi connectivity index (χ0) is 22.7. The Labute approximate surface area is 189 Å². The van der Waals surface area contributed by atoms with Crippen molar-refractivity contribution < 1.29 is 19.4 Å². The quantitative estimate of drug-likeness (QED) is 0.302. The number of para-hydroxylation sites is 1. The molecule has 1 aromatic carbocycles. The number of ether oxygens (including phenoxy) is 1. The van der Waals surface area contributed by atoms with Crippen molar-refractivity contribution in [3.63, 3.8) is 0 Å². The minimum atomic E-state index is -0.525. The summed E-state index contributed by atoms with van der Waals surface area (Å²) in [7, 11) is 1.27.